The van der Waals surface area contributed by atoms with Gasteiger partial charge in [0, 0.05) is 38.3 Å². The van der Waals surface area contributed by atoms with Crippen molar-refractivity contribution in [1.82, 2.24) is 4.90 Å². The van der Waals surface area contributed by atoms with Gasteiger partial charge in [-0.1, -0.05) is 43.2 Å². The summed E-state index contributed by atoms with van der Waals surface area (Å²) < 4.78 is 0.897. The van der Waals surface area contributed by atoms with Gasteiger partial charge in [-0.15, -0.1) is 0 Å². The summed E-state index contributed by atoms with van der Waals surface area (Å²) in [5, 5.41) is 0. The quantitative estimate of drug-likeness (QED) is 0.338. The number of rotatable bonds is 7. The fourth-order valence-corrected chi connectivity index (χ4v) is 4.36. The lowest BCUT2D eigenvalue weighted by Crippen LogP contribution is -2.39. The van der Waals surface area contributed by atoms with Gasteiger partial charge < -0.3 is 4.90 Å². The second-order valence-corrected chi connectivity index (χ2v) is 10.6. The van der Waals surface area contributed by atoms with Gasteiger partial charge in [0.2, 0.25) is 5.91 Å². The van der Waals surface area contributed by atoms with Gasteiger partial charge in [0.15, 0.2) is 0 Å². The number of benzene rings is 1. The third-order valence-electron chi connectivity index (χ3n) is 6.33. The van der Waals surface area contributed by atoms with E-state index in [4.69, 9.17) is 4.99 Å². The van der Waals surface area contributed by atoms with Gasteiger partial charge in [0.25, 0.3) is 0 Å². The first-order chi connectivity index (χ1) is 16.2. The number of halogens is 1. The number of likely N-dealkylation sites (tertiary alicyclic amines) is 1. The van der Waals surface area contributed by atoms with Crippen molar-refractivity contribution in [2.24, 2.45) is 21.8 Å². The number of hydrogen-bond donors (Lipinski definition) is 0. The fraction of sp³-hybridized carbons (Fsp3) is 0.552. The van der Waals surface area contributed by atoms with Crippen molar-refractivity contribution in [2.75, 3.05) is 20.1 Å². The third-order valence-corrected chi connectivity index (χ3v) is 7.11. The number of carbonyl (C=O) groups is 1. The summed E-state index contributed by atoms with van der Waals surface area (Å²) >= 11 is 3.49. The topological polar surface area (TPSA) is 45.0 Å². The molecule has 0 radical (unpaired) electrons. The Balaban J connectivity index is 0.000000254. The van der Waals surface area contributed by atoms with Crippen LogP contribution in [0.25, 0.3) is 0 Å². The molecule has 2 aliphatic rings. The number of hydrogen-bond acceptors (Lipinski definition) is 3. The van der Waals surface area contributed by atoms with Gasteiger partial charge in [0.05, 0.1) is 15.9 Å². The summed E-state index contributed by atoms with van der Waals surface area (Å²) in [4.78, 5) is 22.7. The number of carbonyl (C=O) groups excluding carboxylic acids is 1. The molecule has 1 atom stereocenters. The van der Waals surface area contributed by atoms with Crippen molar-refractivity contribution >= 4 is 33.8 Å². The summed E-state index contributed by atoms with van der Waals surface area (Å²) in [7, 11) is 1.75. The van der Waals surface area contributed by atoms with Crippen molar-refractivity contribution < 1.29 is 4.79 Å². The van der Waals surface area contributed by atoms with E-state index in [-0.39, 0.29) is 0 Å². The fourth-order valence-electron chi connectivity index (χ4n) is 4.07. The number of aliphatic imine (C=N–C) groups is 2. The summed E-state index contributed by atoms with van der Waals surface area (Å²) in [6.07, 6.45) is 11.0. The molecule has 1 heterocycles. The summed E-state index contributed by atoms with van der Waals surface area (Å²) in [5.41, 5.74) is 5.48. The molecule has 1 aliphatic heterocycles. The second kappa shape index (κ2) is 14.4. The van der Waals surface area contributed by atoms with Crippen LogP contribution >= 0.6 is 15.9 Å². The van der Waals surface area contributed by atoms with Crippen molar-refractivity contribution in [3.05, 3.63) is 57.2 Å². The van der Waals surface area contributed by atoms with Crippen LogP contribution in [-0.2, 0) is 4.79 Å². The van der Waals surface area contributed by atoms with Crippen LogP contribution in [-0.4, -0.2) is 42.9 Å². The van der Waals surface area contributed by atoms with Gasteiger partial charge >= 0.3 is 0 Å². The van der Waals surface area contributed by atoms with Crippen LogP contribution in [0.3, 0.4) is 0 Å². The monoisotopic (exact) mass is 527 g/mol. The molecule has 34 heavy (non-hydrogen) atoms. The maximum atomic E-state index is 11.8. The largest absolute Gasteiger partial charge is 0.342 e. The molecule has 0 bridgehead atoms. The zero-order valence-electron chi connectivity index (χ0n) is 21.9. The minimum atomic E-state index is 0.422. The molecule has 0 N–H and O–H groups in total. The minimum absolute atomic E-state index is 0.422. The molecule has 4 nitrogen and oxygen atoms in total. The molecule has 1 aliphatic carbocycles. The Hall–Kier alpha value is -2.01. The lowest BCUT2D eigenvalue weighted by molar-refractivity contribution is -0.133. The predicted octanol–water partition coefficient (Wildman–Crippen LogP) is 7.51. The molecule has 3 rings (SSSR count). The van der Waals surface area contributed by atoms with E-state index in [0.29, 0.717) is 5.91 Å². The molecular formula is C29H42BrN3O. The Kier molecular flexibility index (Phi) is 12.0. The van der Waals surface area contributed by atoms with Crippen LogP contribution in [0.2, 0.25) is 0 Å². The lowest BCUT2D eigenvalue weighted by atomic mass is 9.95. The van der Waals surface area contributed by atoms with Gasteiger partial charge in [-0.2, -0.15) is 0 Å². The Labute approximate surface area is 215 Å². The third kappa shape index (κ3) is 9.69. The van der Waals surface area contributed by atoms with E-state index in [2.05, 4.69) is 71.7 Å². The molecule has 0 spiro atoms. The van der Waals surface area contributed by atoms with E-state index in [1.165, 1.54) is 43.2 Å². The van der Waals surface area contributed by atoms with Gasteiger partial charge in [-0.05, 0) is 92.8 Å². The highest BCUT2D eigenvalue weighted by Gasteiger charge is 2.29. The first-order valence-electron chi connectivity index (χ1n) is 12.6. The Morgan fingerprint density at radius 1 is 1.15 bits per heavy atom. The van der Waals surface area contributed by atoms with Gasteiger partial charge in [0.1, 0.15) is 0 Å². The highest BCUT2D eigenvalue weighted by atomic mass is 79.9. The van der Waals surface area contributed by atoms with Crippen LogP contribution in [0.1, 0.15) is 77.3 Å². The highest BCUT2D eigenvalue weighted by Crippen LogP contribution is 2.33. The van der Waals surface area contributed by atoms with Crippen molar-refractivity contribution in [2.45, 2.75) is 73.1 Å². The van der Waals surface area contributed by atoms with Gasteiger partial charge in [-0.25, -0.2) is 0 Å². The van der Waals surface area contributed by atoms with Crippen molar-refractivity contribution in [1.29, 1.82) is 0 Å². The van der Waals surface area contributed by atoms with E-state index in [1.54, 1.807) is 13.3 Å². The molecule has 1 saturated heterocycles. The number of amides is 1. The molecule has 1 unspecified atom stereocenters. The SMILES string of the molecule is CCC1CCCN(C(=O)CC2CC2)C1.CN=C/C(Br)=C(\C)N=C(C=C(C)C)c1ccccc1C. The first-order valence-corrected chi connectivity index (χ1v) is 13.4. The summed E-state index contributed by atoms with van der Waals surface area (Å²) in [6, 6.07) is 8.29. The van der Waals surface area contributed by atoms with Crippen LogP contribution in [0.4, 0.5) is 0 Å². The molecular weight excluding hydrogens is 486 g/mol. The lowest BCUT2D eigenvalue weighted by Gasteiger charge is -2.32. The maximum Gasteiger partial charge on any atom is 0.222 e. The molecule has 1 saturated carbocycles. The number of allylic oxidation sites excluding steroid dienone is 4. The summed E-state index contributed by atoms with van der Waals surface area (Å²) in [5.74, 6) is 1.93. The normalized spacial score (nSPS) is 19.3. The van der Waals surface area contributed by atoms with Gasteiger partial charge in [-0.3, -0.25) is 14.8 Å². The first kappa shape index (κ1) is 28.2. The molecule has 1 amide bonds. The number of nitrogens with zero attached hydrogens (tertiary/aromatic N) is 3. The molecule has 1 aromatic rings. The zero-order valence-corrected chi connectivity index (χ0v) is 23.5. The smallest absolute Gasteiger partial charge is 0.222 e. The van der Waals surface area contributed by atoms with Crippen LogP contribution in [0, 0.1) is 18.8 Å². The van der Waals surface area contributed by atoms with Crippen LogP contribution in [0.5, 0.6) is 0 Å². The molecule has 2 fully saturated rings. The van der Waals surface area contributed by atoms with Crippen molar-refractivity contribution in [3.8, 4) is 0 Å². The highest BCUT2D eigenvalue weighted by molar-refractivity contribution is 9.12. The standard InChI is InChI=1S/C17H21BrN2.C12H21NO/c1-12(2)10-17(15-9-7-6-8-13(15)3)20-14(4)16(18)11-19-5;1-2-10-4-3-7-13(9-10)12(14)8-11-5-6-11/h6-11H,1-5H3;10-11H,2-9H2,1H3/b16-14-,19-11?,20-17?;. The van der Waals surface area contributed by atoms with Crippen molar-refractivity contribution in [3.63, 3.8) is 0 Å². The zero-order chi connectivity index (χ0) is 25.1. The van der Waals surface area contributed by atoms with E-state index in [1.807, 2.05) is 19.1 Å². The second-order valence-electron chi connectivity index (χ2n) is 9.76. The maximum absolute atomic E-state index is 11.8. The molecule has 0 aromatic heterocycles. The average Bonchev–Trinajstić information content (AvgIpc) is 3.63. The van der Waals surface area contributed by atoms with E-state index in [0.717, 1.165) is 52.8 Å². The van der Waals surface area contributed by atoms with E-state index >= 15 is 0 Å². The average molecular weight is 529 g/mol. The van der Waals surface area contributed by atoms with Crippen LogP contribution in [0.15, 0.2) is 56.1 Å². The predicted molar refractivity (Wildman–Crippen MR) is 150 cm³/mol. The Morgan fingerprint density at radius 3 is 2.44 bits per heavy atom. The Morgan fingerprint density at radius 2 is 1.85 bits per heavy atom. The van der Waals surface area contributed by atoms with E-state index < -0.39 is 0 Å². The van der Waals surface area contributed by atoms with Crippen LogP contribution < -0.4 is 0 Å². The Bertz CT molecular complexity index is 936. The molecule has 5 heteroatoms. The van der Waals surface area contributed by atoms with E-state index in [9.17, 15) is 4.79 Å². The molecule has 1 aromatic carbocycles. The summed E-state index contributed by atoms with van der Waals surface area (Å²) in [6.45, 7) is 12.5. The number of aryl methyl sites for hydroxylation is 1. The minimum Gasteiger partial charge on any atom is -0.342 e. The number of piperidine rings is 1. The molecule has 186 valence electrons.